The number of halogens is 1. The standard InChI is InChI=1S/C11H18ClNO2/c1-8-9(2)11(15)13(10(8)14)7-5-3-4-6-12/h8-9H,3-7H2,1-2H3. The largest absolute Gasteiger partial charge is 0.282 e. The van der Waals surface area contributed by atoms with Gasteiger partial charge >= 0.3 is 0 Å². The molecule has 15 heavy (non-hydrogen) atoms. The van der Waals surface area contributed by atoms with E-state index >= 15 is 0 Å². The van der Waals surface area contributed by atoms with Crippen molar-refractivity contribution >= 4 is 23.4 Å². The molecule has 0 radical (unpaired) electrons. The Morgan fingerprint density at radius 2 is 1.60 bits per heavy atom. The molecule has 0 aliphatic carbocycles. The monoisotopic (exact) mass is 231 g/mol. The maximum absolute atomic E-state index is 11.7. The van der Waals surface area contributed by atoms with Crippen molar-refractivity contribution in [1.82, 2.24) is 4.90 Å². The number of nitrogens with zero attached hydrogens (tertiary/aromatic N) is 1. The van der Waals surface area contributed by atoms with Crippen molar-refractivity contribution in [2.45, 2.75) is 33.1 Å². The summed E-state index contributed by atoms with van der Waals surface area (Å²) < 4.78 is 0. The maximum atomic E-state index is 11.7. The second-order valence-electron chi connectivity index (χ2n) is 4.16. The van der Waals surface area contributed by atoms with Gasteiger partial charge in [0.15, 0.2) is 0 Å². The highest BCUT2D eigenvalue weighted by molar-refractivity contribution is 6.17. The van der Waals surface area contributed by atoms with Gasteiger partial charge in [0.05, 0.1) is 0 Å². The van der Waals surface area contributed by atoms with E-state index in [4.69, 9.17) is 11.6 Å². The van der Waals surface area contributed by atoms with Crippen molar-refractivity contribution in [3.63, 3.8) is 0 Å². The first-order chi connectivity index (χ1) is 7.09. The molecule has 0 N–H and O–H groups in total. The van der Waals surface area contributed by atoms with Crippen molar-refractivity contribution in [1.29, 1.82) is 0 Å². The molecule has 0 spiro atoms. The fourth-order valence-electron chi connectivity index (χ4n) is 1.79. The summed E-state index contributed by atoms with van der Waals surface area (Å²) in [4.78, 5) is 24.7. The van der Waals surface area contributed by atoms with Gasteiger partial charge in [0.25, 0.3) is 0 Å². The summed E-state index contributed by atoms with van der Waals surface area (Å²) in [5.41, 5.74) is 0. The molecule has 1 fully saturated rings. The minimum atomic E-state index is -0.148. The summed E-state index contributed by atoms with van der Waals surface area (Å²) in [6.07, 6.45) is 2.79. The van der Waals surface area contributed by atoms with Gasteiger partial charge in [-0.15, -0.1) is 11.6 Å². The Bertz CT molecular complexity index is 235. The molecule has 4 heteroatoms. The lowest BCUT2D eigenvalue weighted by Crippen LogP contribution is -2.31. The number of alkyl halides is 1. The van der Waals surface area contributed by atoms with Gasteiger partial charge in [-0.3, -0.25) is 14.5 Å². The lowest BCUT2D eigenvalue weighted by Gasteiger charge is -2.13. The number of unbranched alkanes of at least 4 members (excludes halogenated alkanes) is 2. The highest BCUT2D eigenvalue weighted by Crippen LogP contribution is 2.25. The van der Waals surface area contributed by atoms with Gasteiger partial charge in [0.1, 0.15) is 0 Å². The molecule has 0 aromatic heterocycles. The van der Waals surface area contributed by atoms with Crippen LogP contribution in [0.15, 0.2) is 0 Å². The van der Waals surface area contributed by atoms with E-state index in [9.17, 15) is 9.59 Å². The molecule has 1 rings (SSSR count). The van der Waals surface area contributed by atoms with Crippen LogP contribution in [0.25, 0.3) is 0 Å². The van der Waals surface area contributed by atoms with E-state index in [0.717, 1.165) is 19.3 Å². The summed E-state index contributed by atoms with van der Waals surface area (Å²) in [5, 5.41) is 0. The molecule has 0 saturated carbocycles. The van der Waals surface area contributed by atoms with Gasteiger partial charge in [-0.05, 0) is 12.8 Å². The van der Waals surface area contributed by atoms with E-state index in [1.807, 2.05) is 13.8 Å². The Hall–Kier alpha value is -0.570. The van der Waals surface area contributed by atoms with Crippen LogP contribution < -0.4 is 0 Å². The number of hydrogen-bond donors (Lipinski definition) is 0. The van der Waals surface area contributed by atoms with Crippen LogP contribution in [0.2, 0.25) is 0 Å². The van der Waals surface area contributed by atoms with Gasteiger partial charge in [0, 0.05) is 24.3 Å². The Morgan fingerprint density at radius 3 is 2.07 bits per heavy atom. The molecular weight excluding hydrogens is 214 g/mol. The number of hydrogen-bond acceptors (Lipinski definition) is 2. The van der Waals surface area contributed by atoms with E-state index in [0.29, 0.717) is 12.4 Å². The van der Waals surface area contributed by atoms with Crippen LogP contribution in [-0.4, -0.2) is 29.1 Å². The third kappa shape index (κ3) is 2.71. The number of rotatable bonds is 5. The summed E-state index contributed by atoms with van der Waals surface area (Å²) in [5.74, 6) is 0.321. The van der Waals surface area contributed by atoms with Crippen LogP contribution in [0, 0.1) is 11.8 Å². The highest BCUT2D eigenvalue weighted by Gasteiger charge is 2.41. The van der Waals surface area contributed by atoms with Gasteiger partial charge in [-0.25, -0.2) is 0 Å². The number of imide groups is 1. The molecule has 1 aliphatic heterocycles. The Labute approximate surface area is 95.8 Å². The van der Waals surface area contributed by atoms with Crippen LogP contribution in [-0.2, 0) is 9.59 Å². The van der Waals surface area contributed by atoms with E-state index in [1.54, 1.807) is 0 Å². The second kappa shape index (κ2) is 5.50. The maximum Gasteiger partial charge on any atom is 0.232 e. The highest BCUT2D eigenvalue weighted by atomic mass is 35.5. The molecule has 1 heterocycles. The van der Waals surface area contributed by atoms with E-state index in [1.165, 1.54) is 4.90 Å². The minimum absolute atomic E-state index is 0.0154. The summed E-state index contributed by atoms with van der Waals surface area (Å²) in [6.45, 7) is 4.20. The summed E-state index contributed by atoms with van der Waals surface area (Å²) >= 11 is 5.55. The van der Waals surface area contributed by atoms with Gasteiger partial charge in [-0.1, -0.05) is 20.3 Å². The average molecular weight is 232 g/mol. The molecule has 1 saturated heterocycles. The molecule has 0 aromatic rings. The van der Waals surface area contributed by atoms with Crippen molar-refractivity contribution in [2.75, 3.05) is 12.4 Å². The van der Waals surface area contributed by atoms with Crippen LogP contribution >= 0.6 is 11.6 Å². The van der Waals surface area contributed by atoms with Crippen LogP contribution in [0.5, 0.6) is 0 Å². The number of likely N-dealkylation sites (tertiary alicyclic amines) is 1. The molecule has 2 amide bonds. The number of carbonyl (C=O) groups excluding carboxylic acids is 2. The number of carbonyl (C=O) groups is 2. The fraction of sp³-hybridized carbons (Fsp3) is 0.818. The Balaban J connectivity index is 2.41. The van der Waals surface area contributed by atoms with Gasteiger partial charge in [-0.2, -0.15) is 0 Å². The van der Waals surface area contributed by atoms with Gasteiger partial charge < -0.3 is 0 Å². The van der Waals surface area contributed by atoms with Crippen molar-refractivity contribution < 1.29 is 9.59 Å². The molecule has 1 aliphatic rings. The first-order valence-corrected chi connectivity index (χ1v) is 6.04. The van der Waals surface area contributed by atoms with E-state index < -0.39 is 0 Å². The quantitative estimate of drug-likeness (QED) is 0.413. The van der Waals surface area contributed by atoms with E-state index in [-0.39, 0.29) is 23.7 Å². The molecule has 86 valence electrons. The van der Waals surface area contributed by atoms with Crippen LogP contribution in [0.1, 0.15) is 33.1 Å². The fourth-order valence-corrected chi connectivity index (χ4v) is 1.98. The normalized spacial score (nSPS) is 26.5. The third-order valence-electron chi connectivity index (χ3n) is 3.08. The smallest absolute Gasteiger partial charge is 0.232 e. The Kier molecular flexibility index (Phi) is 4.58. The zero-order valence-electron chi connectivity index (χ0n) is 9.33. The lowest BCUT2D eigenvalue weighted by molar-refractivity contribution is -0.139. The van der Waals surface area contributed by atoms with Crippen molar-refractivity contribution in [3.8, 4) is 0 Å². The summed E-state index contributed by atoms with van der Waals surface area (Å²) in [6, 6.07) is 0. The zero-order chi connectivity index (χ0) is 11.4. The SMILES string of the molecule is CC1C(=O)N(CCCCCCl)C(=O)C1C. The van der Waals surface area contributed by atoms with E-state index in [2.05, 4.69) is 0 Å². The molecule has 2 unspecified atom stereocenters. The Morgan fingerprint density at radius 1 is 1.07 bits per heavy atom. The van der Waals surface area contributed by atoms with Crippen molar-refractivity contribution in [3.05, 3.63) is 0 Å². The molecule has 2 atom stereocenters. The predicted octanol–water partition coefficient (Wildman–Crippen LogP) is 2.04. The molecule has 0 aromatic carbocycles. The first kappa shape index (κ1) is 12.5. The molecular formula is C11H18ClNO2. The average Bonchev–Trinajstić information content (AvgIpc) is 2.41. The number of amides is 2. The van der Waals surface area contributed by atoms with Crippen LogP contribution in [0.4, 0.5) is 0 Å². The van der Waals surface area contributed by atoms with Crippen molar-refractivity contribution in [2.24, 2.45) is 11.8 Å². The minimum Gasteiger partial charge on any atom is -0.282 e. The molecule has 3 nitrogen and oxygen atoms in total. The molecule has 0 bridgehead atoms. The predicted molar refractivity (Wildman–Crippen MR) is 59.6 cm³/mol. The van der Waals surface area contributed by atoms with Gasteiger partial charge in [0.2, 0.25) is 11.8 Å². The second-order valence-corrected chi connectivity index (χ2v) is 4.53. The topological polar surface area (TPSA) is 37.4 Å². The summed E-state index contributed by atoms with van der Waals surface area (Å²) in [7, 11) is 0. The van der Waals surface area contributed by atoms with Crippen LogP contribution in [0.3, 0.4) is 0 Å². The lowest BCUT2D eigenvalue weighted by atomic mass is 10.00. The third-order valence-corrected chi connectivity index (χ3v) is 3.34. The first-order valence-electron chi connectivity index (χ1n) is 5.50. The zero-order valence-corrected chi connectivity index (χ0v) is 10.1.